The molecule has 6 rings (SSSR count). The number of hydrogen-bond acceptors (Lipinski definition) is 7. The fourth-order valence-corrected chi connectivity index (χ4v) is 4.88. The number of aromatic nitrogens is 4. The maximum Gasteiger partial charge on any atom is 0.327 e. The lowest BCUT2D eigenvalue weighted by Gasteiger charge is -2.11. The molecule has 3 aromatic heterocycles. The normalized spacial score (nSPS) is 10.7. The van der Waals surface area contributed by atoms with Gasteiger partial charge in [0.15, 0.2) is 5.82 Å². The molecule has 0 amide bonds. The largest absolute Gasteiger partial charge is 0.382 e. The van der Waals surface area contributed by atoms with Crippen LogP contribution < -0.4 is 0 Å². The fourth-order valence-electron chi connectivity index (χ4n) is 4.68. The summed E-state index contributed by atoms with van der Waals surface area (Å²) in [5, 5.41) is 0. The van der Waals surface area contributed by atoms with Crippen LogP contribution in [-0.2, 0) is 20.4 Å². The summed E-state index contributed by atoms with van der Waals surface area (Å²) in [7, 11) is -0.335. The molecular formula is C37H33N4O3P. The van der Waals surface area contributed by atoms with Gasteiger partial charge in [-0.25, -0.2) is 14.5 Å². The molecule has 224 valence electrons. The molecule has 6 aromatic rings. The van der Waals surface area contributed by atoms with E-state index in [0.717, 1.165) is 69.1 Å². The zero-order valence-electron chi connectivity index (χ0n) is 25.2. The molecule has 0 aliphatic heterocycles. The minimum Gasteiger partial charge on any atom is -0.382 e. The van der Waals surface area contributed by atoms with E-state index in [2.05, 4.69) is 58.5 Å². The van der Waals surface area contributed by atoms with Crippen LogP contribution in [0, 0.1) is 0 Å². The van der Waals surface area contributed by atoms with Gasteiger partial charge in [0.2, 0.25) is 0 Å². The highest BCUT2D eigenvalue weighted by Gasteiger charge is 2.12. The van der Waals surface area contributed by atoms with Crippen LogP contribution in [0.3, 0.4) is 0 Å². The van der Waals surface area contributed by atoms with Gasteiger partial charge in [-0.3, -0.25) is 14.5 Å². The number of pyridine rings is 2. The smallest absolute Gasteiger partial charge is 0.327 e. The molecule has 8 heteroatoms. The van der Waals surface area contributed by atoms with Gasteiger partial charge in [-0.15, -0.1) is 0 Å². The number of nitrogens with zero attached hydrogens (tertiary/aromatic N) is 4. The number of rotatable bonds is 10. The molecule has 0 fully saturated rings. The van der Waals surface area contributed by atoms with E-state index in [4.69, 9.17) is 19.2 Å². The van der Waals surface area contributed by atoms with Gasteiger partial charge >= 0.3 is 8.69 Å². The Morgan fingerprint density at radius 1 is 0.533 bits per heavy atom. The van der Waals surface area contributed by atoms with Crippen LogP contribution in [0.5, 0.6) is 0 Å². The summed E-state index contributed by atoms with van der Waals surface area (Å²) in [4.78, 5) is 18.1. The molecule has 0 aliphatic rings. The maximum atomic E-state index is 10.7. The molecule has 0 aliphatic carbocycles. The first-order valence-electron chi connectivity index (χ1n) is 14.7. The third kappa shape index (κ3) is 8.58. The Hall–Kier alpha value is -4.94. The maximum absolute atomic E-state index is 10.7. The van der Waals surface area contributed by atoms with Crippen molar-refractivity contribution < 1.29 is 13.8 Å². The Morgan fingerprint density at radius 3 is 1.33 bits per heavy atom. The van der Waals surface area contributed by atoms with Crippen LogP contribution in [0.25, 0.3) is 56.2 Å². The lowest BCUT2D eigenvalue weighted by atomic mass is 10.0. The Kier molecular flexibility index (Phi) is 11.3. The van der Waals surface area contributed by atoms with Crippen molar-refractivity contribution in [2.24, 2.45) is 0 Å². The van der Waals surface area contributed by atoms with Gasteiger partial charge in [0.25, 0.3) is 0 Å². The highest BCUT2D eigenvalue weighted by Crippen LogP contribution is 2.30. The van der Waals surface area contributed by atoms with Crippen molar-refractivity contribution in [3.05, 3.63) is 133 Å². The molecule has 0 N–H and O–H groups in total. The zero-order chi connectivity index (χ0) is 31.3. The van der Waals surface area contributed by atoms with E-state index in [9.17, 15) is 4.57 Å². The molecule has 3 aromatic carbocycles. The minimum atomic E-state index is -0.335. The summed E-state index contributed by atoms with van der Waals surface area (Å²) < 4.78 is 20.5. The molecule has 0 radical (unpaired) electrons. The SMILES string of the molecule is CCOCC.O=POCc1ccc(-c2nc(-c3ccc(-c4ccncc4)cc3)cc(-c3ccc(-c4ccncc4)cc3)n2)cc1. The lowest BCUT2D eigenvalue weighted by molar-refractivity contribution is 0.162. The number of ether oxygens (including phenoxy) is 1. The van der Waals surface area contributed by atoms with Crippen molar-refractivity contribution >= 4 is 8.69 Å². The average molecular weight is 613 g/mol. The van der Waals surface area contributed by atoms with Crippen molar-refractivity contribution in [2.45, 2.75) is 20.5 Å². The van der Waals surface area contributed by atoms with E-state index in [1.165, 1.54) is 0 Å². The first-order chi connectivity index (χ1) is 22.2. The van der Waals surface area contributed by atoms with E-state index in [1.807, 2.05) is 68.4 Å². The van der Waals surface area contributed by atoms with Crippen LogP contribution >= 0.6 is 8.69 Å². The Labute approximate surface area is 265 Å². The van der Waals surface area contributed by atoms with Crippen molar-refractivity contribution in [2.75, 3.05) is 13.2 Å². The van der Waals surface area contributed by atoms with Crippen molar-refractivity contribution in [3.63, 3.8) is 0 Å². The molecular weight excluding hydrogens is 579 g/mol. The van der Waals surface area contributed by atoms with Crippen LogP contribution in [0.1, 0.15) is 19.4 Å². The molecule has 7 nitrogen and oxygen atoms in total. The summed E-state index contributed by atoms with van der Waals surface area (Å²) in [5.41, 5.74) is 9.90. The van der Waals surface area contributed by atoms with Crippen LogP contribution in [-0.4, -0.2) is 33.1 Å². The second kappa shape index (κ2) is 16.2. The first-order valence-corrected chi connectivity index (χ1v) is 15.4. The predicted molar refractivity (Wildman–Crippen MR) is 179 cm³/mol. The van der Waals surface area contributed by atoms with E-state index in [0.29, 0.717) is 5.82 Å². The molecule has 0 spiro atoms. The van der Waals surface area contributed by atoms with Crippen molar-refractivity contribution in [1.29, 1.82) is 0 Å². The molecule has 0 atom stereocenters. The summed E-state index contributed by atoms with van der Waals surface area (Å²) in [6.45, 7) is 5.94. The van der Waals surface area contributed by atoms with Crippen LogP contribution in [0.15, 0.2) is 128 Å². The lowest BCUT2D eigenvalue weighted by Crippen LogP contribution is -1.96. The molecule has 3 heterocycles. The van der Waals surface area contributed by atoms with E-state index in [1.54, 1.807) is 24.8 Å². The summed E-state index contributed by atoms with van der Waals surface area (Å²) in [6.07, 6.45) is 7.18. The van der Waals surface area contributed by atoms with Gasteiger partial charge < -0.3 is 4.74 Å². The monoisotopic (exact) mass is 612 g/mol. The molecule has 0 saturated heterocycles. The highest BCUT2D eigenvalue weighted by molar-refractivity contribution is 7.17. The third-order valence-corrected chi connectivity index (χ3v) is 7.25. The van der Waals surface area contributed by atoms with E-state index in [-0.39, 0.29) is 15.3 Å². The molecule has 45 heavy (non-hydrogen) atoms. The summed E-state index contributed by atoms with van der Waals surface area (Å²) >= 11 is 0. The Bertz CT molecular complexity index is 1680. The Balaban J connectivity index is 0.000000743. The van der Waals surface area contributed by atoms with Crippen LogP contribution in [0.4, 0.5) is 0 Å². The zero-order valence-corrected chi connectivity index (χ0v) is 26.1. The van der Waals surface area contributed by atoms with Gasteiger partial charge in [-0.1, -0.05) is 72.8 Å². The van der Waals surface area contributed by atoms with Crippen LogP contribution in [0.2, 0.25) is 0 Å². The van der Waals surface area contributed by atoms with Gasteiger partial charge in [0.05, 0.1) is 18.0 Å². The fraction of sp³-hybridized carbons (Fsp3) is 0.135. The second-order valence-electron chi connectivity index (χ2n) is 9.91. The molecule has 0 bridgehead atoms. The van der Waals surface area contributed by atoms with Gasteiger partial charge in [0, 0.05) is 54.7 Å². The van der Waals surface area contributed by atoms with Crippen molar-refractivity contribution in [1.82, 2.24) is 19.9 Å². The summed E-state index contributed by atoms with van der Waals surface area (Å²) in [5.74, 6) is 0.623. The third-order valence-electron chi connectivity index (χ3n) is 7.02. The standard InChI is InChI=1S/C33H23N4O2P.C4H10O/c38-40-39-22-23-1-3-30(4-2-23)33-36-31(28-9-5-24(6-10-28)26-13-17-34-18-14-26)21-32(37-33)29-11-7-25(8-12-29)27-15-19-35-20-16-27;1-3-5-4-2/h1-21H,22H2;3-4H2,1-2H3. The molecule has 0 saturated carbocycles. The first kappa shape index (κ1) is 31.5. The highest BCUT2D eigenvalue weighted by atomic mass is 31.1. The molecule has 0 unspecified atom stereocenters. The van der Waals surface area contributed by atoms with Gasteiger partial charge in [-0.2, -0.15) is 0 Å². The van der Waals surface area contributed by atoms with Gasteiger partial charge in [-0.05, 0) is 72.0 Å². The minimum absolute atomic E-state index is 0.269. The van der Waals surface area contributed by atoms with Gasteiger partial charge in [0.1, 0.15) is 0 Å². The van der Waals surface area contributed by atoms with E-state index >= 15 is 0 Å². The number of benzene rings is 3. The van der Waals surface area contributed by atoms with E-state index < -0.39 is 0 Å². The van der Waals surface area contributed by atoms with Crippen molar-refractivity contribution in [3.8, 4) is 56.2 Å². The second-order valence-corrected chi connectivity index (χ2v) is 10.3. The quantitative estimate of drug-likeness (QED) is 0.142. The Morgan fingerprint density at radius 2 is 0.933 bits per heavy atom. The summed E-state index contributed by atoms with van der Waals surface area (Å²) in [6, 6.07) is 34.5. The average Bonchev–Trinajstić information content (AvgIpc) is 3.12. The number of hydrogen-bond donors (Lipinski definition) is 0. The topological polar surface area (TPSA) is 87.1 Å². The predicted octanol–water partition coefficient (Wildman–Crippen LogP) is 9.37.